The maximum absolute atomic E-state index is 11.8. The van der Waals surface area contributed by atoms with Gasteiger partial charge in [0.1, 0.15) is 11.0 Å². The highest BCUT2D eigenvalue weighted by atomic mass is 32.1. The molecule has 19 heavy (non-hydrogen) atoms. The Kier molecular flexibility index (Phi) is 2.60. The third-order valence-corrected chi connectivity index (χ3v) is 3.27. The summed E-state index contributed by atoms with van der Waals surface area (Å²) >= 11 is 5.01. The predicted octanol–water partition coefficient (Wildman–Crippen LogP) is 2.39. The molecular formula is C13H12N4OS. The second kappa shape index (κ2) is 4.17. The molecular weight excluding hydrogens is 260 g/mol. The highest BCUT2D eigenvalue weighted by molar-refractivity contribution is 7.71. The number of aryl methyl sites for hydroxylation is 2. The molecule has 0 saturated carbocycles. The van der Waals surface area contributed by atoms with Crippen LogP contribution < -0.4 is 5.56 Å². The minimum Gasteiger partial charge on any atom is -0.316 e. The highest BCUT2D eigenvalue weighted by Crippen LogP contribution is 2.18. The largest absolute Gasteiger partial charge is 0.316 e. The van der Waals surface area contributed by atoms with Gasteiger partial charge in [-0.3, -0.25) is 9.78 Å². The zero-order valence-corrected chi connectivity index (χ0v) is 11.3. The summed E-state index contributed by atoms with van der Waals surface area (Å²) in [5.74, 6) is 0. The van der Waals surface area contributed by atoms with E-state index >= 15 is 0 Å². The van der Waals surface area contributed by atoms with Crippen molar-refractivity contribution in [2.45, 2.75) is 13.8 Å². The van der Waals surface area contributed by atoms with E-state index in [9.17, 15) is 4.79 Å². The molecule has 2 heterocycles. The predicted molar refractivity (Wildman–Crippen MR) is 76.3 cm³/mol. The van der Waals surface area contributed by atoms with Gasteiger partial charge in [0.15, 0.2) is 4.77 Å². The molecule has 0 radical (unpaired) electrons. The summed E-state index contributed by atoms with van der Waals surface area (Å²) < 4.78 is 2.01. The molecule has 3 aromatic rings. The molecule has 0 atom stereocenters. The molecule has 2 aromatic heterocycles. The Bertz CT molecular complexity index is 888. The summed E-state index contributed by atoms with van der Waals surface area (Å²) in [6, 6.07) is 6.10. The number of rotatable bonds is 1. The van der Waals surface area contributed by atoms with E-state index in [1.54, 1.807) is 10.9 Å². The van der Waals surface area contributed by atoms with E-state index in [0.717, 1.165) is 16.8 Å². The van der Waals surface area contributed by atoms with E-state index in [2.05, 4.69) is 15.1 Å². The van der Waals surface area contributed by atoms with Crippen LogP contribution >= 0.6 is 12.2 Å². The smallest absolute Gasteiger partial charge is 0.262 e. The van der Waals surface area contributed by atoms with Crippen LogP contribution in [0.1, 0.15) is 11.1 Å². The van der Waals surface area contributed by atoms with E-state index in [1.165, 1.54) is 0 Å². The van der Waals surface area contributed by atoms with Gasteiger partial charge < -0.3 is 4.98 Å². The first-order chi connectivity index (χ1) is 9.06. The van der Waals surface area contributed by atoms with E-state index in [1.807, 2.05) is 32.0 Å². The van der Waals surface area contributed by atoms with Crippen LogP contribution in [0, 0.1) is 18.6 Å². The van der Waals surface area contributed by atoms with Crippen LogP contribution in [-0.4, -0.2) is 19.7 Å². The van der Waals surface area contributed by atoms with Crippen molar-refractivity contribution < 1.29 is 0 Å². The minimum atomic E-state index is -0.227. The van der Waals surface area contributed by atoms with E-state index in [-0.39, 0.29) is 5.56 Å². The van der Waals surface area contributed by atoms with Crippen molar-refractivity contribution in [2.24, 2.45) is 0 Å². The molecule has 3 rings (SSSR count). The summed E-state index contributed by atoms with van der Waals surface area (Å²) in [4.78, 5) is 17.3. The Labute approximate surface area is 113 Å². The second-order valence-corrected chi connectivity index (χ2v) is 4.93. The molecule has 1 aromatic carbocycles. The summed E-state index contributed by atoms with van der Waals surface area (Å²) in [6.07, 6.45) is 1.54. The third-order valence-electron chi connectivity index (χ3n) is 3.07. The van der Waals surface area contributed by atoms with Crippen LogP contribution in [0.2, 0.25) is 0 Å². The lowest BCUT2D eigenvalue weighted by Crippen LogP contribution is -2.08. The van der Waals surface area contributed by atoms with Gasteiger partial charge in [0.2, 0.25) is 0 Å². The molecule has 0 aliphatic rings. The van der Waals surface area contributed by atoms with Gasteiger partial charge >= 0.3 is 0 Å². The number of fused-ring (bicyclic) bond motifs is 1. The summed E-state index contributed by atoms with van der Waals surface area (Å²) in [5, 5.41) is 4.78. The zero-order valence-electron chi connectivity index (χ0n) is 10.5. The fraction of sp³-hybridized carbons (Fsp3) is 0.154. The van der Waals surface area contributed by atoms with Crippen molar-refractivity contribution in [3.63, 3.8) is 0 Å². The standard InChI is InChI=1S/C13H12N4OS/c1-7-3-4-8(2)10(5-7)17-11-9(6-14-17)12(18)16-13(19)15-11/h3-6H,1-2H3,(H2,15,16,18,19). The first-order valence-corrected chi connectivity index (χ1v) is 6.25. The van der Waals surface area contributed by atoms with E-state index < -0.39 is 0 Å². The second-order valence-electron chi connectivity index (χ2n) is 4.52. The Morgan fingerprint density at radius 1 is 1.26 bits per heavy atom. The topological polar surface area (TPSA) is 66.5 Å². The van der Waals surface area contributed by atoms with Gasteiger partial charge in [-0.05, 0) is 43.3 Å². The van der Waals surface area contributed by atoms with E-state index in [4.69, 9.17) is 12.2 Å². The van der Waals surface area contributed by atoms with Crippen LogP contribution in [0.4, 0.5) is 0 Å². The number of nitrogens with one attached hydrogen (secondary N) is 2. The van der Waals surface area contributed by atoms with Crippen molar-refractivity contribution in [1.29, 1.82) is 0 Å². The molecule has 96 valence electrons. The third kappa shape index (κ3) is 1.90. The van der Waals surface area contributed by atoms with Crippen molar-refractivity contribution in [2.75, 3.05) is 0 Å². The van der Waals surface area contributed by atoms with Crippen LogP contribution in [0.5, 0.6) is 0 Å². The Balaban J connectivity index is 2.41. The van der Waals surface area contributed by atoms with Crippen molar-refractivity contribution in [3.8, 4) is 5.69 Å². The van der Waals surface area contributed by atoms with Gasteiger partial charge in [-0.1, -0.05) is 12.1 Å². The fourth-order valence-corrected chi connectivity index (χ4v) is 2.26. The van der Waals surface area contributed by atoms with Crippen molar-refractivity contribution in [3.05, 3.63) is 50.6 Å². The average Bonchev–Trinajstić information content (AvgIpc) is 2.76. The number of hydrogen-bond donors (Lipinski definition) is 2. The molecule has 0 bridgehead atoms. The summed E-state index contributed by atoms with van der Waals surface area (Å²) in [6.45, 7) is 4.02. The van der Waals surface area contributed by atoms with Gasteiger partial charge in [0.05, 0.1) is 11.9 Å². The van der Waals surface area contributed by atoms with Gasteiger partial charge in [-0.25, -0.2) is 4.68 Å². The van der Waals surface area contributed by atoms with Crippen molar-refractivity contribution >= 4 is 23.3 Å². The maximum atomic E-state index is 11.8. The number of H-pyrrole nitrogens is 2. The minimum absolute atomic E-state index is 0.227. The van der Waals surface area contributed by atoms with Gasteiger partial charge in [0, 0.05) is 0 Å². The zero-order chi connectivity index (χ0) is 13.6. The van der Waals surface area contributed by atoms with E-state index in [0.29, 0.717) is 15.8 Å². The first-order valence-electron chi connectivity index (χ1n) is 5.84. The number of hydrogen-bond acceptors (Lipinski definition) is 3. The van der Waals surface area contributed by atoms with Gasteiger partial charge in [0.25, 0.3) is 5.56 Å². The molecule has 5 nitrogen and oxygen atoms in total. The number of aromatic amines is 2. The lowest BCUT2D eigenvalue weighted by Gasteiger charge is -2.08. The summed E-state index contributed by atoms with van der Waals surface area (Å²) in [7, 11) is 0. The fourth-order valence-electron chi connectivity index (χ4n) is 2.07. The van der Waals surface area contributed by atoms with Gasteiger partial charge in [-0.2, -0.15) is 5.10 Å². The van der Waals surface area contributed by atoms with Crippen LogP contribution in [0.3, 0.4) is 0 Å². The van der Waals surface area contributed by atoms with Gasteiger partial charge in [-0.15, -0.1) is 0 Å². The first kappa shape index (κ1) is 11.9. The lowest BCUT2D eigenvalue weighted by molar-refractivity contribution is 0.883. The molecule has 0 spiro atoms. The van der Waals surface area contributed by atoms with Crippen LogP contribution in [0.15, 0.2) is 29.2 Å². The molecule has 2 N–H and O–H groups in total. The molecule has 0 aliphatic carbocycles. The SMILES string of the molecule is Cc1ccc(C)c(-n2ncc3c(=O)[nH]c(=S)[nH]c32)c1. The molecule has 0 unspecified atom stereocenters. The lowest BCUT2D eigenvalue weighted by atomic mass is 10.1. The molecule has 6 heteroatoms. The maximum Gasteiger partial charge on any atom is 0.262 e. The monoisotopic (exact) mass is 272 g/mol. The molecule has 0 fully saturated rings. The van der Waals surface area contributed by atoms with Crippen LogP contribution in [0.25, 0.3) is 16.7 Å². The molecule has 0 amide bonds. The highest BCUT2D eigenvalue weighted by Gasteiger charge is 2.10. The summed E-state index contributed by atoms with van der Waals surface area (Å²) in [5.41, 5.74) is 3.53. The Morgan fingerprint density at radius 2 is 2.05 bits per heavy atom. The number of aromatic nitrogens is 4. The Hall–Kier alpha value is -2.21. The average molecular weight is 272 g/mol. The molecule has 0 saturated heterocycles. The van der Waals surface area contributed by atoms with Crippen LogP contribution in [-0.2, 0) is 0 Å². The van der Waals surface area contributed by atoms with Crippen molar-refractivity contribution in [1.82, 2.24) is 19.7 Å². The normalized spacial score (nSPS) is 11.1. The number of nitrogens with zero attached hydrogens (tertiary/aromatic N) is 2. The number of benzene rings is 1. The Morgan fingerprint density at radius 3 is 2.84 bits per heavy atom. The quantitative estimate of drug-likeness (QED) is 0.668. The molecule has 0 aliphatic heterocycles.